The van der Waals surface area contributed by atoms with Gasteiger partial charge in [-0.3, -0.25) is 0 Å². The molecule has 5 nitrogen and oxygen atoms in total. The molecule has 0 radical (unpaired) electrons. The van der Waals surface area contributed by atoms with Crippen LogP contribution in [0.4, 0.5) is 0 Å². The Morgan fingerprint density at radius 1 is 1.47 bits per heavy atom. The maximum atomic E-state index is 8.68. The molecule has 0 aromatic rings. The number of amidine groups is 1. The molecule has 5 heteroatoms. The predicted octanol–water partition coefficient (Wildman–Crippen LogP) is 0.833. The van der Waals surface area contributed by atoms with E-state index in [9.17, 15) is 0 Å². The maximum absolute atomic E-state index is 8.68. The molecule has 0 aliphatic carbocycles. The van der Waals surface area contributed by atoms with Crippen LogP contribution in [-0.2, 0) is 0 Å². The van der Waals surface area contributed by atoms with E-state index in [1.807, 2.05) is 13.8 Å². The molecule has 0 saturated carbocycles. The van der Waals surface area contributed by atoms with Crippen LogP contribution < -0.4 is 11.1 Å². The van der Waals surface area contributed by atoms with Gasteiger partial charge in [-0.15, -0.1) is 0 Å². The van der Waals surface area contributed by atoms with E-state index < -0.39 is 0 Å². The van der Waals surface area contributed by atoms with E-state index in [0.29, 0.717) is 11.9 Å². The highest BCUT2D eigenvalue weighted by Crippen LogP contribution is 2.20. The van der Waals surface area contributed by atoms with Crippen LogP contribution >= 0.6 is 0 Å². The number of nitrogens with two attached hydrogens (primary N) is 1. The number of oxime groups is 1. The largest absolute Gasteiger partial charge is 0.409 e. The zero-order chi connectivity index (χ0) is 12.9. The molecule has 0 spiro atoms. The third kappa shape index (κ3) is 4.52. The smallest absolute Gasteiger partial charge is 0.144 e. The molecule has 0 aromatic carbocycles. The number of piperidine rings is 1. The average Bonchev–Trinajstić information content (AvgIpc) is 2.30. The van der Waals surface area contributed by atoms with Crippen molar-refractivity contribution in [2.24, 2.45) is 16.3 Å². The number of nitrogens with one attached hydrogen (secondary N) is 1. The molecule has 100 valence electrons. The molecule has 1 aliphatic heterocycles. The van der Waals surface area contributed by atoms with Crippen molar-refractivity contribution in [3.05, 3.63) is 0 Å². The summed E-state index contributed by atoms with van der Waals surface area (Å²) in [5.41, 5.74) is 5.41. The highest BCUT2D eigenvalue weighted by atomic mass is 16.4. The summed E-state index contributed by atoms with van der Waals surface area (Å²) in [5.74, 6) is 0.308. The highest BCUT2D eigenvalue weighted by Gasteiger charge is 2.24. The van der Waals surface area contributed by atoms with Gasteiger partial charge < -0.3 is 21.2 Å². The molecule has 1 saturated heterocycles. The first kappa shape index (κ1) is 14.3. The van der Waals surface area contributed by atoms with E-state index in [2.05, 4.69) is 22.4 Å². The van der Waals surface area contributed by atoms with Crippen LogP contribution in [0.5, 0.6) is 0 Å². The highest BCUT2D eigenvalue weighted by molar-refractivity contribution is 5.85. The Morgan fingerprint density at radius 2 is 2.06 bits per heavy atom. The minimum atomic E-state index is -0.243. The summed E-state index contributed by atoms with van der Waals surface area (Å²) in [6.07, 6.45) is 3.30. The first-order valence-corrected chi connectivity index (χ1v) is 6.35. The van der Waals surface area contributed by atoms with Gasteiger partial charge in [0.25, 0.3) is 0 Å². The maximum Gasteiger partial charge on any atom is 0.144 e. The van der Waals surface area contributed by atoms with E-state index in [1.54, 1.807) is 0 Å². The zero-order valence-corrected chi connectivity index (χ0v) is 11.2. The van der Waals surface area contributed by atoms with Crippen molar-refractivity contribution >= 4 is 5.84 Å². The number of likely N-dealkylation sites (tertiary alicyclic amines) is 1. The second-order valence-corrected chi connectivity index (χ2v) is 5.65. The van der Waals surface area contributed by atoms with Gasteiger partial charge >= 0.3 is 0 Å². The van der Waals surface area contributed by atoms with E-state index in [0.717, 1.165) is 13.0 Å². The summed E-state index contributed by atoms with van der Waals surface area (Å²) in [6.45, 7) is 7.25. The van der Waals surface area contributed by atoms with Crippen molar-refractivity contribution in [3.8, 4) is 0 Å². The SMILES string of the molecule is CN1CCC(NCCC(C)(C)C(N)=NO)CC1. The first-order valence-electron chi connectivity index (χ1n) is 6.35. The van der Waals surface area contributed by atoms with E-state index in [1.165, 1.54) is 25.9 Å². The van der Waals surface area contributed by atoms with Gasteiger partial charge in [0.1, 0.15) is 5.84 Å². The molecule has 0 amide bonds. The Labute approximate surface area is 104 Å². The van der Waals surface area contributed by atoms with Crippen LogP contribution in [0.25, 0.3) is 0 Å². The summed E-state index contributed by atoms with van der Waals surface area (Å²) in [4.78, 5) is 2.36. The van der Waals surface area contributed by atoms with E-state index in [4.69, 9.17) is 10.9 Å². The van der Waals surface area contributed by atoms with Crippen LogP contribution in [0.3, 0.4) is 0 Å². The molecule has 1 fully saturated rings. The van der Waals surface area contributed by atoms with Crippen molar-refractivity contribution in [1.82, 2.24) is 10.2 Å². The molecule has 1 rings (SSSR count). The summed E-state index contributed by atoms with van der Waals surface area (Å²) in [7, 11) is 2.16. The second kappa shape index (κ2) is 6.21. The molecule has 0 unspecified atom stereocenters. The molecule has 1 heterocycles. The van der Waals surface area contributed by atoms with Crippen molar-refractivity contribution in [3.63, 3.8) is 0 Å². The Morgan fingerprint density at radius 3 is 2.59 bits per heavy atom. The van der Waals surface area contributed by atoms with Crippen molar-refractivity contribution < 1.29 is 5.21 Å². The van der Waals surface area contributed by atoms with Gasteiger partial charge in [-0.2, -0.15) is 0 Å². The predicted molar refractivity (Wildman–Crippen MR) is 70.3 cm³/mol. The molecule has 0 aromatic heterocycles. The molecule has 4 N–H and O–H groups in total. The van der Waals surface area contributed by atoms with Gasteiger partial charge in [0.05, 0.1) is 0 Å². The van der Waals surface area contributed by atoms with Crippen molar-refractivity contribution in [2.45, 2.75) is 39.2 Å². The molecule has 17 heavy (non-hydrogen) atoms. The zero-order valence-electron chi connectivity index (χ0n) is 11.2. The number of rotatable bonds is 5. The van der Waals surface area contributed by atoms with Gasteiger partial charge in [-0.1, -0.05) is 19.0 Å². The number of hydrogen-bond acceptors (Lipinski definition) is 4. The molecule has 0 atom stereocenters. The van der Waals surface area contributed by atoms with Gasteiger partial charge in [-0.25, -0.2) is 0 Å². The lowest BCUT2D eigenvalue weighted by atomic mass is 9.88. The fraction of sp³-hybridized carbons (Fsp3) is 0.917. The fourth-order valence-corrected chi connectivity index (χ4v) is 2.06. The lowest BCUT2D eigenvalue weighted by Crippen LogP contribution is -2.43. The topological polar surface area (TPSA) is 73.9 Å². The number of hydrogen-bond donors (Lipinski definition) is 3. The van der Waals surface area contributed by atoms with Crippen LogP contribution in [0.15, 0.2) is 5.16 Å². The Balaban J connectivity index is 2.24. The lowest BCUT2D eigenvalue weighted by Gasteiger charge is -2.31. The van der Waals surface area contributed by atoms with Crippen LogP contribution in [0.2, 0.25) is 0 Å². The Kier molecular flexibility index (Phi) is 5.21. The molecule has 0 bridgehead atoms. The van der Waals surface area contributed by atoms with Gasteiger partial charge in [0.2, 0.25) is 0 Å². The lowest BCUT2D eigenvalue weighted by molar-refractivity contribution is 0.231. The average molecular weight is 242 g/mol. The van der Waals surface area contributed by atoms with Crippen molar-refractivity contribution in [1.29, 1.82) is 0 Å². The summed E-state index contributed by atoms with van der Waals surface area (Å²) in [5, 5.41) is 15.3. The summed E-state index contributed by atoms with van der Waals surface area (Å²) < 4.78 is 0. The minimum Gasteiger partial charge on any atom is -0.409 e. The molecular weight excluding hydrogens is 216 g/mol. The Bertz CT molecular complexity index is 257. The monoisotopic (exact) mass is 242 g/mol. The minimum absolute atomic E-state index is 0.243. The number of nitrogens with zero attached hydrogens (tertiary/aromatic N) is 2. The van der Waals surface area contributed by atoms with Gasteiger partial charge in [0, 0.05) is 11.5 Å². The van der Waals surface area contributed by atoms with Crippen LogP contribution in [0, 0.1) is 5.41 Å². The summed E-state index contributed by atoms with van der Waals surface area (Å²) in [6, 6.07) is 0.620. The third-order valence-corrected chi connectivity index (χ3v) is 3.70. The van der Waals surface area contributed by atoms with E-state index >= 15 is 0 Å². The van der Waals surface area contributed by atoms with Crippen molar-refractivity contribution in [2.75, 3.05) is 26.7 Å². The second-order valence-electron chi connectivity index (χ2n) is 5.65. The third-order valence-electron chi connectivity index (χ3n) is 3.70. The van der Waals surface area contributed by atoms with E-state index in [-0.39, 0.29) is 5.41 Å². The summed E-state index contributed by atoms with van der Waals surface area (Å²) >= 11 is 0. The van der Waals surface area contributed by atoms with Crippen LogP contribution in [-0.4, -0.2) is 48.7 Å². The fourth-order valence-electron chi connectivity index (χ4n) is 2.06. The van der Waals surface area contributed by atoms with Crippen LogP contribution in [0.1, 0.15) is 33.1 Å². The van der Waals surface area contributed by atoms with Gasteiger partial charge in [-0.05, 0) is 45.9 Å². The first-order chi connectivity index (χ1) is 7.95. The normalized spacial score (nSPS) is 20.8. The molecule has 1 aliphatic rings. The quantitative estimate of drug-likeness (QED) is 0.289. The van der Waals surface area contributed by atoms with Gasteiger partial charge in [0.15, 0.2) is 0 Å². The molecular formula is C12H26N4O. The standard InChI is InChI=1S/C12H26N4O/c1-12(2,11(13)15-17)6-7-14-10-4-8-16(3)9-5-10/h10,14,17H,4-9H2,1-3H3,(H2,13,15). The Hall–Kier alpha value is -0.810.